The lowest BCUT2D eigenvalue weighted by molar-refractivity contribution is -0.106. The second kappa shape index (κ2) is 4.25. The Hall–Kier alpha value is -1.37. The molecule has 3 heteroatoms. The van der Waals surface area contributed by atoms with E-state index in [1.165, 1.54) is 0 Å². The number of nitrogens with zero attached hydrogens (tertiary/aromatic N) is 1. The van der Waals surface area contributed by atoms with Gasteiger partial charge < -0.3 is 9.47 Å². The van der Waals surface area contributed by atoms with Gasteiger partial charge in [-0.05, 0) is 18.4 Å². The van der Waals surface area contributed by atoms with Gasteiger partial charge in [0.1, 0.15) is 0 Å². The van der Waals surface area contributed by atoms with Crippen molar-refractivity contribution in [2.75, 3.05) is 14.2 Å². The molecule has 0 unspecified atom stereocenters. The van der Waals surface area contributed by atoms with Gasteiger partial charge in [0.05, 0.1) is 11.5 Å². The molecule has 0 aliphatic heterocycles. The van der Waals surface area contributed by atoms with Crippen molar-refractivity contribution in [1.29, 1.82) is 5.26 Å². The summed E-state index contributed by atoms with van der Waals surface area (Å²) in [4.78, 5) is 0. The molecule has 84 valence electrons. The van der Waals surface area contributed by atoms with Crippen LogP contribution in [0.15, 0.2) is 24.3 Å². The van der Waals surface area contributed by atoms with Gasteiger partial charge in [-0.1, -0.05) is 24.3 Å². The lowest BCUT2D eigenvalue weighted by Crippen LogP contribution is -2.06. The molecule has 0 bridgehead atoms. The number of rotatable bonds is 4. The topological polar surface area (TPSA) is 42.2 Å². The molecule has 1 aliphatic carbocycles. The average Bonchev–Trinajstić information content (AvgIpc) is 3.12. The van der Waals surface area contributed by atoms with E-state index >= 15 is 0 Å². The maximum atomic E-state index is 9.08. The number of hydrogen-bond donors (Lipinski definition) is 0. The maximum absolute atomic E-state index is 9.08. The third kappa shape index (κ3) is 1.82. The molecular formula is C13H15NO2. The fraction of sp³-hybridized carbons (Fsp3) is 0.462. The fourth-order valence-electron chi connectivity index (χ4n) is 1.92. The molecule has 0 saturated heterocycles. The highest BCUT2D eigenvalue weighted by atomic mass is 16.7. The Morgan fingerprint density at radius 3 is 2.12 bits per heavy atom. The minimum Gasteiger partial charge on any atom is -0.352 e. The summed E-state index contributed by atoms with van der Waals surface area (Å²) in [5.74, 6) is 0. The van der Waals surface area contributed by atoms with Gasteiger partial charge in [-0.2, -0.15) is 5.26 Å². The Kier molecular flexibility index (Phi) is 2.95. The van der Waals surface area contributed by atoms with Crippen molar-refractivity contribution in [3.63, 3.8) is 0 Å². The van der Waals surface area contributed by atoms with E-state index in [0.29, 0.717) is 0 Å². The molecule has 1 aromatic carbocycles. The minimum absolute atomic E-state index is 0.214. The molecule has 1 aromatic rings. The number of methoxy groups -OCH3 is 2. The largest absolute Gasteiger partial charge is 0.352 e. The number of benzene rings is 1. The molecule has 2 rings (SSSR count). The van der Waals surface area contributed by atoms with Crippen LogP contribution in [-0.2, 0) is 14.9 Å². The number of hydrogen-bond acceptors (Lipinski definition) is 3. The van der Waals surface area contributed by atoms with E-state index in [2.05, 4.69) is 6.07 Å². The Labute approximate surface area is 95.6 Å². The van der Waals surface area contributed by atoms with E-state index in [4.69, 9.17) is 14.7 Å². The van der Waals surface area contributed by atoms with Crippen LogP contribution in [0.5, 0.6) is 0 Å². The molecule has 0 aromatic heterocycles. The zero-order valence-electron chi connectivity index (χ0n) is 9.56. The van der Waals surface area contributed by atoms with Gasteiger partial charge in [-0.15, -0.1) is 0 Å². The fourth-order valence-corrected chi connectivity index (χ4v) is 1.92. The quantitative estimate of drug-likeness (QED) is 0.728. The summed E-state index contributed by atoms with van der Waals surface area (Å²) >= 11 is 0. The molecule has 1 saturated carbocycles. The van der Waals surface area contributed by atoms with Gasteiger partial charge in [-0.3, -0.25) is 0 Å². The molecule has 0 amide bonds. The molecular weight excluding hydrogens is 202 g/mol. The summed E-state index contributed by atoms with van der Waals surface area (Å²) in [6.45, 7) is 0. The van der Waals surface area contributed by atoms with Crippen molar-refractivity contribution < 1.29 is 9.47 Å². The van der Waals surface area contributed by atoms with Gasteiger partial charge in [0.25, 0.3) is 0 Å². The SMILES string of the molecule is COC(OC)c1ccc(C2(C#N)CC2)cc1. The van der Waals surface area contributed by atoms with E-state index in [1.807, 2.05) is 24.3 Å². The summed E-state index contributed by atoms with van der Waals surface area (Å²) in [5, 5.41) is 9.08. The normalized spacial score (nSPS) is 17.1. The van der Waals surface area contributed by atoms with E-state index in [0.717, 1.165) is 24.0 Å². The van der Waals surface area contributed by atoms with Crippen LogP contribution in [0.2, 0.25) is 0 Å². The zero-order valence-corrected chi connectivity index (χ0v) is 9.56. The predicted molar refractivity (Wildman–Crippen MR) is 59.7 cm³/mol. The van der Waals surface area contributed by atoms with Crippen molar-refractivity contribution in [3.05, 3.63) is 35.4 Å². The van der Waals surface area contributed by atoms with Crippen molar-refractivity contribution in [2.24, 2.45) is 0 Å². The summed E-state index contributed by atoms with van der Waals surface area (Å²) in [6, 6.07) is 10.3. The van der Waals surface area contributed by atoms with Gasteiger partial charge in [-0.25, -0.2) is 0 Å². The van der Waals surface area contributed by atoms with Crippen LogP contribution >= 0.6 is 0 Å². The van der Waals surface area contributed by atoms with Crippen molar-refractivity contribution >= 4 is 0 Å². The van der Waals surface area contributed by atoms with Gasteiger partial charge in [0.15, 0.2) is 6.29 Å². The molecule has 0 atom stereocenters. The summed E-state index contributed by atoms with van der Waals surface area (Å²) in [6.07, 6.45) is 1.62. The summed E-state index contributed by atoms with van der Waals surface area (Å²) in [7, 11) is 3.22. The average molecular weight is 217 g/mol. The van der Waals surface area contributed by atoms with Gasteiger partial charge >= 0.3 is 0 Å². The first-order valence-corrected chi connectivity index (χ1v) is 5.33. The Morgan fingerprint density at radius 2 is 1.75 bits per heavy atom. The molecule has 0 radical (unpaired) electrons. The van der Waals surface area contributed by atoms with E-state index in [1.54, 1.807) is 14.2 Å². The first-order valence-electron chi connectivity index (χ1n) is 5.33. The van der Waals surface area contributed by atoms with E-state index in [-0.39, 0.29) is 11.7 Å². The molecule has 3 nitrogen and oxygen atoms in total. The van der Waals surface area contributed by atoms with Gasteiger partial charge in [0.2, 0.25) is 0 Å². The highest BCUT2D eigenvalue weighted by Gasteiger charge is 2.44. The lowest BCUT2D eigenvalue weighted by atomic mass is 9.96. The van der Waals surface area contributed by atoms with Crippen molar-refractivity contribution in [3.8, 4) is 6.07 Å². The summed E-state index contributed by atoms with van der Waals surface area (Å²) < 4.78 is 10.3. The Morgan fingerprint density at radius 1 is 1.19 bits per heavy atom. The number of nitriles is 1. The van der Waals surface area contributed by atoms with Crippen LogP contribution < -0.4 is 0 Å². The lowest BCUT2D eigenvalue weighted by Gasteiger charge is -2.14. The Bertz CT molecular complexity index is 397. The van der Waals surface area contributed by atoms with Crippen molar-refractivity contribution in [1.82, 2.24) is 0 Å². The molecule has 0 heterocycles. The van der Waals surface area contributed by atoms with Crippen LogP contribution in [0.25, 0.3) is 0 Å². The Balaban J connectivity index is 2.20. The highest BCUT2D eigenvalue weighted by Crippen LogP contribution is 2.47. The highest BCUT2D eigenvalue weighted by molar-refractivity contribution is 5.40. The first kappa shape index (κ1) is 11.1. The molecule has 1 aliphatic rings. The maximum Gasteiger partial charge on any atom is 0.183 e. The predicted octanol–water partition coefficient (Wildman–Crippen LogP) is 2.53. The second-order valence-corrected chi connectivity index (χ2v) is 4.12. The van der Waals surface area contributed by atoms with Crippen LogP contribution in [0.3, 0.4) is 0 Å². The minimum atomic E-state index is -0.328. The molecule has 0 N–H and O–H groups in total. The van der Waals surface area contributed by atoms with Crippen LogP contribution in [-0.4, -0.2) is 14.2 Å². The van der Waals surface area contributed by atoms with Gasteiger partial charge in [0, 0.05) is 19.8 Å². The number of ether oxygens (including phenoxy) is 2. The molecule has 0 spiro atoms. The summed E-state index contributed by atoms with van der Waals surface area (Å²) in [5.41, 5.74) is 1.86. The standard InChI is InChI=1S/C13H15NO2/c1-15-12(16-2)10-3-5-11(6-4-10)13(9-14)7-8-13/h3-6,12H,7-8H2,1-2H3. The smallest absolute Gasteiger partial charge is 0.183 e. The first-order chi connectivity index (χ1) is 7.75. The van der Waals surface area contributed by atoms with E-state index in [9.17, 15) is 0 Å². The third-order valence-electron chi connectivity index (χ3n) is 3.13. The van der Waals surface area contributed by atoms with Crippen LogP contribution in [0.4, 0.5) is 0 Å². The zero-order chi connectivity index (χ0) is 11.6. The molecule has 16 heavy (non-hydrogen) atoms. The monoisotopic (exact) mass is 217 g/mol. The second-order valence-electron chi connectivity index (χ2n) is 4.12. The van der Waals surface area contributed by atoms with Crippen LogP contribution in [0, 0.1) is 11.3 Å². The molecule has 1 fully saturated rings. The van der Waals surface area contributed by atoms with E-state index < -0.39 is 0 Å². The third-order valence-corrected chi connectivity index (χ3v) is 3.13. The van der Waals surface area contributed by atoms with Crippen molar-refractivity contribution in [2.45, 2.75) is 24.5 Å². The van der Waals surface area contributed by atoms with Crippen LogP contribution in [0.1, 0.15) is 30.3 Å².